The zero-order chi connectivity index (χ0) is 17.6. The average molecular weight is 339 g/mol. The van der Waals surface area contributed by atoms with Gasteiger partial charge in [0.05, 0.1) is 30.6 Å². The minimum absolute atomic E-state index is 0.0890. The Morgan fingerprint density at radius 1 is 1.38 bits per heavy atom. The van der Waals surface area contributed by atoms with Crippen molar-refractivity contribution in [3.63, 3.8) is 0 Å². The van der Waals surface area contributed by atoms with Crippen LogP contribution in [0.1, 0.15) is 37.8 Å². The number of nitrogens with zero attached hydrogens (tertiary/aromatic N) is 3. The number of aromatic nitrogens is 1. The second-order valence-electron chi connectivity index (χ2n) is 6.09. The summed E-state index contributed by atoms with van der Waals surface area (Å²) in [4.78, 5) is 18.3. The van der Waals surface area contributed by atoms with Gasteiger partial charge < -0.3 is 4.90 Å². The lowest BCUT2D eigenvalue weighted by molar-refractivity contribution is -0.187. The minimum atomic E-state index is -4.25. The van der Waals surface area contributed by atoms with Crippen molar-refractivity contribution in [2.24, 2.45) is 11.8 Å². The normalized spacial score (nSPS) is 21.1. The molecule has 1 amide bonds. The van der Waals surface area contributed by atoms with Crippen LogP contribution in [0.4, 0.5) is 13.2 Å². The van der Waals surface area contributed by atoms with Crippen molar-refractivity contribution >= 4 is 5.91 Å². The fourth-order valence-electron chi connectivity index (χ4n) is 3.11. The Bertz CT molecular complexity index is 583. The number of amides is 1. The van der Waals surface area contributed by atoms with Crippen molar-refractivity contribution in [2.45, 2.75) is 44.8 Å². The van der Waals surface area contributed by atoms with Gasteiger partial charge in [-0.2, -0.15) is 18.4 Å². The maximum absolute atomic E-state index is 13.0. The van der Waals surface area contributed by atoms with Crippen LogP contribution in [0.5, 0.6) is 0 Å². The fraction of sp³-hybridized carbons (Fsp3) is 0.588. The highest BCUT2D eigenvalue weighted by molar-refractivity contribution is 5.79. The van der Waals surface area contributed by atoms with Gasteiger partial charge in [0.15, 0.2) is 0 Å². The highest BCUT2D eigenvalue weighted by Gasteiger charge is 2.44. The standard InChI is InChI=1S/C17H20F3N3O/c18-17(19,20)14-6-3-5-13(11-14)16(24)23(10-4-8-21)12-15-7-1-2-9-22-15/h1-2,7,9,13-14H,3-6,10-12H2/t13-,14-/m0/s1. The van der Waals surface area contributed by atoms with Gasteiger partial charge in [-0.1, -0.05) is 12.5 Å². The van der Waals surface area contributed by atoms with Crippen LogP contribution in [-0.4, -0.2) is 28.5 Å². The van der Waals surface area contributed by atoms with Crippen LogP contribution in [0.15, 0.2) is 24.4 Å². The molecule has 0 radical (unpaired) electrons. The van der Waals surface area contributed by atoms with E-state index >= 15 is 0 Å². The lowest BCUT2D eigenvalue weighted by Gasteiger charge is -2.33. The third-order valence-electron chi connectivity index (χ3n) is 4.37. The molecule has 2 rings (SSSR count). The molecule has 0 aliphatic heterocycles. The molecule has 1 fully saturated rings. The molecule has 0 spiro atoms. The number of pyridine rings is 1. The Morgan fingerprint density at radius 3 is 2.79 bits per heavy atom. The minimum Gasteiger partial charge on any atom is -0.336 e. The maximum Gasteiger partial charge on any atom is 0.391 e. The second-order valence-corrected chi connectivity index (χ2v) is 6.09. The summed E-state index contributed by atoms with van der Waals surface area (Å²) in [5, 5.41) is 8.77. The molecule has 0 unspecified atom stereocenters. The molecule has 0 N–H and O–H groups in total. The molecular weight excluding hydrogens is 319 g/mol. The summed E-state index contributed by atoms with van der Waals surface area (Å²) in [5.41, 5.74) is 0.659. The summed E-state index contributed by atoms with van der Waals surface area (Å²) in [6.45, 7) is 0.424. The van der Waals surface area contributed by atoms with E-state index < -0.39 is 18.0 Å². The molecule has 1 heterocycles. The molecule has 0 bridgehead atoms. The van der Waals surface area contributed by atoms with E-state index in [1.807, 2.05) is 6.07 Å². The van der Waals surface area contributed by atoms with E-state index in [2.05, 4.69) is 4.98 Å². The lowest BCUT2D eigenvalue weighted by atomic mass is 9.80. The molecule has 1 aromatic rings. The molecule has 7 heteroatoms. The van der Waals surface area contributed by atoms with Gasteiger partial charge in [0.2, 0.25) is 5.91 Å². The monoisotopic (exact) mass is 339 g/mol. The topological polar surface area (TPSA) is 57.0 Å². The number of carbonyl (C=O) groups excluding carboxylic acids is 1. The van der Waals surface area contributed by atoms with Crippen LogP contribution < -0.4 is 0 Å². The number of halogens is 3. The SMILES string of the molecule is N#CCCN(Cc1ccccn1)C(=O)[C@H]1CCC[C@H](C(F)(F)F)C1. The molecule has 24 heavy (non-hydrogen) atoms. The smallest absolute Gasteiger partial charge is 0.336 e. The van der Waals surface area contributed by atoms with Gasteiger partial charge in [0.1, 0.15) is 0 Å². The third-order valence-corrected chi connectivity index (χ3v) is 4.37. The van der Waals surface area contributed by atoms with Crippen LogP contribution in [-0.2, 0) is 11.3 Å². The molecule has 1 aromatic heterocycles. The van der Waals surface area contributed by atoms with Gasteiger partial charge in [-0.05, 0) is 31.4 Å². The molecule has 4 nitrogen and oxygen atoms in total. The van der Waals surface area contributed by atoms with Gasteiger partial charge in [0.25, 0.3) is 0 Å². The Morgan fingerprint density at radius 2 is 2.17 bits per heavy atom. The Kier molecular flexibility index (Phi) is 6.18. The van der Waals surface area contributed by atoms with E-state index in [1.165, 1.54) is 4.90 Å². The Labute approximate surface area is 139 Å². The van der Waals surface area contributed by atoms with Crippen LogP contribution in [0.3, 0.4) is 0 Å². The highest BCUT2D eigenvalue weighted by atomic mass is 19.4. The first-order valence-electron chi connectivity index (χ1n) is 8.04. The van der Waals surface area contributed by atoms with Gasteiger partial charge in [-0.25, -0.2) is 0 Å². The van der Waals surface area contributed by atoms with E-state index in [9.17, 15) is 18.0 Å². The summed E-state index contributed by atoms with van der Waals surface area (Å²) in [7, 11) is 0. The first-order valence-corrected chi connectivity index (χ1v) is 8.04. The predicted molar refractivity (Wildman–Crippen MR) is 81.4 cm³/mol. The van der Waals surface area contributed by atoms with E-state index in [0.717, 1.165) is 0 Å². The summed E-state index contributed by atoms with van der Waals surface area (Å²) in [5.74, 6) is -2.34. The lowest BCUT2D eigenvalue weighted by Crippen LogP contribution is -2.40. The molecule has 1 aliphatic carbocycles. The number of rotatable bonds is 5. The summed E-state index contributed by atoms with van der Waals surface area (Å²) < 4.78 is 38.9. The molecule has 2 atom stereocenters. The van der Waals surface area contributed by atoms with Gasteiger partial charge in [-0.3, -0.25) is 9.78 Å². The number of hydrogen-bond donors (Lipinski definition) is 0. The second kappa shape index (κ2) is 8.13. The van der Waals surface area contributed by atoms with E-state index in [0.29, 0.717) is 18.5 Å². The van der Waals surface area contributed by atoms with Gasteiger partial charge in [0, 0.05) is 18.7 Å². The Hall–Kier alpha value is -2.10. The number of carbonyl (C=O) groups is 1. The predicted octanol–water partition coefficient (Wildman–Crippen LogP) is 3.69. The van der Waals surface area contributed by atoms with E-state index in [4.69, 9.17) is 5.26 Å². The number of hydrogen-bond acceptors (Lipinski definition) is 3. The zero-order valence-corrected chi connectivity index (χ0v) is 13.3. The molecule has 0 aromatic carbocycles. The average Bonchev–Trinajstić information content (AvgIpc) is 2.58. The van der Waals surface area contributed by atoms with Crippen molar-refractivity contribution < 1.29 is 18.0 Å². The molecule has 130 valence electrons. The van der Waals surface area contributed by atoms with Crippen LogP contribution >= 0.6 is 0 Å². The molecule has 1 saturated carbocycles. The van der Waals surface area contributed by atoms with Crippen LogP contribution in [0, 0.1) is 23.2 Å². The molecule has 1 aliphatic rings. The largest absolute Gasteiger partial charge is 0.391 e. The highest BCUT2D eigenvalue weighted by Crippen LogP contribution is 2.40. The Balaban J connectivity index is 2.07. The molecule has 0 saturated heterocycles. The first-order chi connectivity index (χ1) is 11.4. The number of nitriles is 1. The zero-order valence-electron chi connectivity index (χ0n) is 13.3. The summed E-state index contributed by atoms with van der Waals surface area (Å²) >= 11 is 0. The van der Waals surface area contributed by atoms with E-state index in [-0.39, 0.29) is 38.3 Å². The third kappa shape index (κ3) is 4.95. The van der Waals surface area contributed by atoms with Crippen molar-refractivity contribution in [1.82, 2.24) is 9.88 Å². The van der Waals surface area contributed by atoms with Crippen molar-refractivity contribution in [2.75, 3.05) is 6.54 Å². The van der Waals surface area contributed by atoms with Gasteiger partial charge >= 0.3 is 6.18 Å². The summed E-state index contributed by atoms with van der Waals surface area (Å²) in [6, 6.07) is 7.27. The van der Waals surface area contributed by atoms with Crippen molar-refractivity contribution in [3.05, 3.63) is 30.1 Å². The van der Waals surface area contributed by atoms with E-state index in [1.54, 1.807) is 24.4 Å². The van der Waals surface area contributed by atoms with Gasteiger partial charge in [-0.15, -0.1) is 0 Å². The van der Waals surface area contributed by atoms with Crippen molar-refractivity contribution in [3.8, 4) is 6.07 Å². The fourth-order valence-corrected chi connectivity index (χ4v) is 3.11. The number of alkyl halides is 3. The summed E-state index contributed by atoms with van der Waals surface area (Å²) in [6.07, 6.45) is -1.71. The van der Waals surface area contributed by atoms with Crippen LogP contribution in [0.25, 0.3) is 0 Å². The first kappa shape index (κ1) is 18.2. The molecular formula is C17H20F3N3O. The van der Waals surface area contributed by atoms with Crippen LogP contribution in [0.2, 0.25) is 0 Å². The van der Waals surface area contributed by atoms with Crippen molar-refractivity contribution in [1.29, 1.82) is 5.26 Å². The quantitative estimate of drug-likeness (QED) is 0.822. The maximum atomic E-state index is 13.0.